The molecule has 2 aliphatic carbocycles. The van der Waals surface area contributed by atoms with E-state index in [1.54, 1.807) is 0 Å². The summed E-state index contributed by atoms with van der Waals surface area (Å²) >= 11 is 0. The second kappa shape index (κ2) is 14.9. The van der Waals surface area contributed by atoms with Crippen molar-refractivity contribution in [1.82, 2.24) is 9.55 Å². The van der Waals surface area contributed by atoms with Crippen molar-refractivity contribution in [2.45, 2.75) is 38.5 Å². The van der Waals surface area contributed by atoms with E-state index >= 15 is 0 Å². The van der Waals surface area contributed by atoms with Gasteiger partial charge in [0, 0.05) is 55.7 Å². The molecule has 0 atom stereocenters. The highest BCUT2D eigenvalue weighted by molar-refractivity contribution is 6.19. The summed E-state index contributed by atoms with van der Waals surface area (Å²) in [5, 5.41) is 4.89. The van der Waals surface area contributed by atoms with E-state index < -0.39 is 0 Å². The van der Waals surface area contributed by atoms with Gasteiger partial charge in [-0.1, -0.05) is 167 Å². The van der Waals surface area contributed by atoms with E-state index in [2.05, 4.69) is 249 Å². The molecule has 10 aromatic carbocycles. The summed E-state index contributed by atoms with van der Waals surface area (Å²) < 4.78 is 2.49. The molecular formula is C69H49N3. The molecule has 340 valence electrons. The van der Waals surface area contributed by atoms with Gasteiger partial charge in [-0.2, -0.15) is 0 Å². The minimum absolute atomic E-state index is 0.0447. The van der Waals surface area contributed by atoms with Crippen LogP contribution < -0.4 is 4.90 Å². The zero-order valence-electron chi connectivity index (χ0n) is 40.7. The van der Waals surface area contributed by atoms with E-state index in [1.165, 1.54) is 105 Å². The molecule has 0 saturated heterocycles. The lowest BCUT2D eigenvalue weighted by atomic mass is 9.82. The molecule has 3 heterocycles. The maximum atomic E-state index is 4.81. The summed E-state index contributed by atoms with van der Waals surface area (Å²) in [4.78, 5) is 7.32. The van der Waals surface area contributed by atoms with Crippen molar-refractivity contribution in [1.29, 1.82) is 0 Å². The van der Waals surface area contributed by atoms with Crippen LogP contribution in [0.4, 0.5) is 17.1 Å². The van der Waals surface area contributed by atoms with Gasteiger partial charge in [-0.05, 0) is 157 Å². The van der Waals surface area contributed by atoms with E-state index in [9.17, 15) is 0 Å². The maximum Gasteiger partial charge on any atom is 0.0702 e. The van der Waals surface area contributed by atoms with Gasteiger partial charge in [0.15, 0.2) is 0 Å². The molecule has 0 fully saturated rings. The van der Waals surface area contributed by atoms with Crippen LogP contribution in [-0.4, -0.2) is 9.55 Å². The summed E-state index contributed by atoms with van der Waals surface area (Å²) in [6, 6.07) is 81.8. The van der Waals surface area contributed by atoms with Crippen LogP contribution in [0, 0.1) is 0 Å². The Kier molecular flexibility index (Phi) is 8.47. The van der Waals surface area contributed by atoms with Gasteiger partial charge in [0.1, 0.15) is 0 Å². The van der Waals surface area contributed by atoms with Crippen molar-refractivity contribution >= 4 is 49.6 Å². The van der Waals surface area contributed by atoms with Crippen molar-refractivity contribution in [3.8, 4) is 72.6 Å². The second-order valence-corrected chi connectivity index (χ2v) is 21.1. The molecule has 2 aromatic heterocycles. The molecule has 0 radical (unpaired) electrons. The summed E-state index contributed by atoms with van der Waals surface area (Å²) in [7, 11) is 0. The van der Waals surface area contributed by atoms with Crippen LogP contribution in [0.5, 0.6) is 0 Å². The fourth-order valence-corrected chi connectivity index (χ4v) is 13.0. The minimum Gasteiger partial charge on any atom is -0.309 e. The Labute approximate surface area is 420 Å². The number of rotatable bonds is 5. The molecule has 3 nitrogen and oxygen atoms in total. The van der Waals surface area contributed by atoms with Crippen LogP contribution in [0.15, 0.2) is 225 Å². The first kappa shape index (κ1) is 41.0. The number of anilines is 3. The van der Waals surface area contributed by atoms with Gasteiger partial charge in [0.25, 0.3) is 0 Å². The average molecular weight is 920 g/mol. The predicted molar refractivity (Wildman–Crippen MR) is 301 cm³/mol. The van der Waals surface area contributed by atoms with Crippen molar-refractivity contribution in [3.05, 3.63) is 247 Å². The molecule has 72 heavy (non-hydrogen) atoms. The van der Waals surface area contributed by atoms with E-state index in [-0.39, 0.29) is 10.8 Å². The Balaban J connectivity index is 0.947. The summed E-state index contributed by atoms with van der Waals surface area (Å²) in [6.07, 6.45) is 1.88. The van der Waals surface area contributed by atoms with Gasteiger partial charge in [0.2, 0.25) is 0 Å². The van der Waals surface area contributed by atoms with Crippen LogP contribution in [0.25, 0.3) is 105 Å². The Morgan fingerprint density at radius 1 is 0.347 bits per heavy atom. The molecule has 3 aliphatic rings. The standard InChI is InChI=1S/C69H49N3/c1-68(2)58-24-7-5-21-50(58)53-37-45(28-31-60(53)68)43-17-11-19-48(35-43)71-63-33-30-47(62-26-9-10-34-70-62)39-55(63)57-40-56-52-23-13-15-42-16-14-27-64(67(42)52)72(65(56)41-66(57)71)49-20-12-18-44(36-49)46-29-32-61-54(38-46)51-22-6-8-25-59(51)69(61,3)4/h5-41H,1-4H3. The number of nitrogens with zero attached hydrogens (tertiary/aromatic N) is 3. The number of fused-ring (bicyclic) bond motifs is 11. The predicted octanol–water partition coefficient (Wildman–Crippen LogP) is 18.4. The monoisotopic (exact) mass is 919 g/mol. The van der Waals surface area contributed by atoms with Gasteiger partial charge in [-0.3, -0.25) is 4.98 Å². The van der Waals surface area contributed by atoms with Crippen LogP contribution in [0.2, 0.25) is 0 Å². The minimum atomic E-state index is -0.0459. The van der Waals surface area contributed by atoms with Crippen LogP contribution >= 0.6 is 0 Å². The molecular weight excluding hydrogens is 871 g/mol. The fourth-order valence-electron chi connectivity index (χ4n) is 13.0. The van der Waals surface area contributed by atoms with Crippen molar-refractivity contribution in [2.75, 3.05) is 4.90 Å². The molecule has 0 spiro atoms. The molecule has 0 saturated carbocycles. The lowest BCUT2D eigenvalue weighted by Gasteiger charge is -2.34. The zero-order chi connectivity index (χ0) is 48.0. The molecule has 0 unspecified atom stereocenters. The highest BCUT2D eigenvalue weighted by atomic mass is 15.2. The fraction of sp³-hybridized carbons (Fsp3) is 0.0870. The first-order valence-electron chi connectivity index (χ1n) is 25.3. The average Bonchev–Trinajstić information content (AvgIpc) is 3.96. The molecule has 3 heteroatoms. The highest BCUT2D eigenvalue weighted by Crippen LogP contribution is 2.55. The van der Waals surface area contributed by atoms with Crippen LogP contribution in [-0.2, 0) is 10.8 Å². The second-order valence-electron chi connectivity index (χ2n) is 21.1. The Morgan fingerprint density at radius 2 is 0.903 bits per heavy atom. The third-order valence-corrected chi connectivity index (χ3v) is 16.5. The Bertz CT molecular complexity index is 4280. The van der Waals surface area contributed by atoms with E-state index in [1.807, 2.05) is 12.3 Å². The molecule has 0 N–H and O–H groups in total. The number of pyridine rings is 1. The molecule has 0 bridgehead atoms. The van der Waals surface area contributed by atoms with E-state index in [0.717, 1.165) is 39.4 Å². The molecule has 0 amide bonds. The highest BCUT2D eigenvalue weighted by Gasteiger charge is 2.37. The maximum absolute atomic E-state index is 4.81. The van der Waals surface area contributed by atoms with Crippen molar-refractivity contribution in [3.63, 3.8) is 0 Å². The third-order valence-electron chi connectivity index (χ3n) is 16.5. The SMILES string of the molecule is CC1(C)c2ccccc2-c2cc(-c3cccc(N4c5cc6c(cc5-c5cccc7cccc4c57)c4cc(-c5ccccn5)ccc4n6-c4cccc(-c5ccc6c(c5)-c5ccccc5C6(C)C)c4)c3)ccc21. The first-order chi connectivity index (χ1) is 35.2. The van der Waals surface area contributed by atoms with Gasteiger partial charge in [-0.25, -0.2) is 0 Å². The normalized spacial score (nSPS) is 14.3. The quantitative estimate of drug-likeness (QED) is 0.172. The third kappa shape index (κ3) is 5.76. The number of hydrogen-bond donors (Lipinski definition) is 0. The number of benzene rings is 10. The lowest BCUT2D eigenvalue weighted by Crippen LogP contribution is -2.15. The van der Waals surface area contributed by atoms with Crippen molar-refractivity contribution < 1.29 is 0 Å². The largest absolute Gasteiger partial charge is 0.309 e. The lowest BCUT2D eigenvalue weighted by molar-refractivity contribution is 0.660. The van der Waals surface area contributed by atoms with Gasteiger partial charge in [-0.15, -0.1) is 0 Å². The summed E-state index contributed by atoms with van der Waals surface area (Å²) in [5.41, 5.74) is 27.0. The summed E-state index contributed by atoms with van der Waals surface area (Å²) in [6.45, 7) is 9.40. The van der Waals surface area contributed by atoms with E-state index in [0.29, 0.717) is 0 Å². The number of hydrogen-bond acceptors (Lipinski definition) is 2. The summed E-state index contributed by atoms with van der Waals surface area (Å²) in [5.74, 6) is 0. The van der Waals surface area contributed by atoms with Gasteiger partial charge >= 0.3 is 0 Å². The van der Waals surface area contributed by atoms with Gasteiger partial charge in [0.05, 0.1) is 28.1 Å². The molecule has 15 rings (SSSR count). The van der Waals surface area contributed by atoms with E-state index in [4.69, 9.17) is 4.98 Å². The molecule has 1 aliphatic heterocycles. The molecule has 12 aromatic rings. The Morgan fingerprint density at radius 3 is 1.58 bits per heavy atom. The topological polar surface area (TPSA) is 21.1 Å². The smallest absolute Gasteiger partial charge is 0.0702 e. The van der Waals surface area contributed by atoms with Crippen LogP contribution in [0.3, 0.4) is 0 Å². The van der Waals surface area contributed by atoms with Gasteiger partial charge < -0.3 is 9.47 Å². The van der Waals surface area contributed by atoms with Crippen molar-refractivity contribution in [2.24, 2.45) is 0 Å². The Hall–Kier alpha value is -8.79. The van der Waals surface area contributed by atoms with Crippen LogP contribution in [0.1, 0.15) is 49.9 Å². The zero-order valence-corrected chi connectivity index (χ0v) is 40.7. The first-order valence-corrected chi connectivity index (χ1v) is 25.3. The number of aromatic nitrogens is 2.